The summed E-state index contributed by atoms with van der Waals surface area (Å²) in [5.41, 5.74) is -0.116. The Morgan fingerprint density at radius 2 is 2.17 bits per heavy atom. The summed E-state index contributed by atoms with van der Waals surface area (Å²) in [7, 11) is 1.27. The molecule has 9 heteroatoms. The summed E-state index contributed by atoms with van der Waals surface area (Å²) >= 11 is 7.34. The van der Waals surface area contributed by atoms with Crippen molar-refractivity contribution in [1.29, 1.82) is 0 Å². The third-order valence-electron chi connectivity index (χ3n) is 3.20. The van der Waals surface area contributed by atoms with E-state index >= 15 is 0 Å². The van der Waals surface area contributed by atoms with Crippen LogP contribution in [-0.4, -0.2) is 23.9 Å². The number of halogens is 1. The average Bonchev–Trinajstić information content (AvgIpc) is 3.08. The lowest BCUT2D eigenvalue weighted by Gasteiger charge is -2.17. The van der Waals surface area contributed by atoms with Crippen molar-refractivity contribution in [1.82, 2.24) is 5.32 Å². The van der Waals surface area contributed by atoms with Crippen molar-refractivity contribution in [3.63, 3.8) is 0 Å². The number of rotatable bonds is 6. The van der Waals surface area contributed by atoms with E-state index in [2.05, 4.69) is 10.1 Å². The fourth-order valence-corrected chi connectivity index (χ4v) is 3.04. The summed E-state index contributed by atoms with van der Waals surface area (Å²) in [4.78, 5) is 34.9. The second-order valence-electron chi connectivity index (χ2n) is 4.74. The second-order valence-corrected chi connectivity index (χ2v) is 6.13. The van der Waals surface area contributed by atoms with Gasteiger partial charge in [0.2, 0.25) is 0 Å². The minimum Gasteiger partial charge on any atom is -0.469 e. The first-order valence-electron chi connectivity index (χ1n) is 6.77. The van der Waals surface area contributed by atoms with Gasteiger partial charge < -0.3 is 10.1 Å². The van der Waals surface area contributed by atoms with Crippen LogP contribution in [0, 0.1) is 10.1 Å². The topological polar surface area (TPSA) is 98.5 Å². The van der Waals surface area contributed by atoms with Crippen LogP contribution in [0.4, 0.5) is 5.69 Å². The molecular formula is C15H13ClN2O5S. The van der Waals surface area contributed by atoms with Crippen LogP contribution in [0.5, 0.6) is 0 Å². The molecule has 2 rings (SSSR count). The number of nitro benzene ring substituents is 1. The standard InChI is InChI=1S/C15H13ClN2O5S/c1-23-14(19)8-12(13-3-2-6-24-13)17-15(20)10-5-4-9(18(21)22)7-11(10)16/h2-7,12H,8H2,1H3,(H,17,20)/t12-/m0/s1. The highest BCUT2D eigenvalue weighted by Gasteiger charge is 2.22. The molecule has 0 aliphatic carbocycles. The molecule has 0 saturated heterocycles. The third kappa shape index (κ3) is 4.30. The number of amides is 1. The SMILES string of the molecule is COC(=O)C[C@H](NC(=O)c1ccc([N+](=O)[O-])cc1Cl)c1cccs1. The summed E-state index contributed by atoms with van der Waals surface area (Å²) in [5.74, 6) is -0.999. The molecule has 1 aromatic carbocycles. The summed E-state index contributed by atoms with van der Waals surface area (Å²) in [6, 6.07) is 6.60. The van der Waals surface area contributed by atoms with Crippen molar-refractivity contribution >= 4 is 40.5 Å². The van der Waals surface area contributed by atoms with Crippen molar-refractivity contribution in [2.45, 2.75) is 12.5 Å². The molecule has 126 valence electrons. The van der Waals surface area contributed by atoms with Gasteiger partial charge in [-0.1, -0.05) is 17.7 Å². The Morgan fingerprint density at radius 3 is 2.71 bits per heavy atom. The summed E-state index contributed by atoms with van der Waals surface area (Å²) in [6.45, 7) is 0. The van der Waals surface area contributed by atoms with Crippen LogP contribution in [0.3, 0.4) is 0 Å². The molecule has 0 unspecified atom stereocenters. The first kappa shape index (κ1) is 17.9. The molecule has 2 aromatic rings. The maximum absolute atomic E-state index is 12.4. The molecule has 0 radical (unpaired) electrons. The largest absolute Gasteiger partial charge is 0.469 e. The van der Waals surface area contributed by atoms with Crippen LogP contribution in [0.2, 0.25) is 5.02 Å². The number of thiophene rings is 1. The molecule has 1 heterocycles. The average molecular weight is 369 g/mol. The van der Waals surface area contributed by atoms with Gasteiger partial charge in [-0.05, 0) is 17.5 Å². The van der Waals surface area contributed by atoms with Gasteiger partial charge >= 0.3 is 5.97 Å². The quantitative estimate of drug-likeness (QED) is 0.479. The number of hydrogen-bond donors (Lipinski definition) is 1. The van der Waals surface area contributed by atoms with Crippen molar-refractivity contribution in [3.8, 4) is 0 Å². The molecule has 0 saturated carbocycles. The van der Waals surface area contributed by atoms with E-state index < -0.39 is 22.8 Å². The number of esters is 1. The van der Waals surface area contributed by atoms with E-state index in [0.29, 0.717) is 0 Å². The number of carbonyl (C=O) groups is 2. The van der Waals surface area contributed by atoms with E-state index in [-0.39, 0.29) is 22.7 Å². The maximum Gasteiger partial charge on any atom is 0.307 e. The molecule has 1 amide bonds. The van der Waals surface area contributed by atoms with E-state index in [4.69, 9.17) is 11.6 Å². The Hall–Kier alpha value is -2.45. The van der Waals surface area contributed by atoms with E-state index in [9.17, 15) is 19.7 Å². The van der Waals surface area contributed by atoms with Gasteiger partial charge in [0.15, 0.2) is 0 Å². The zero-order chi connectivity index (χ0) is 17.7. The molecule has 0 fully saturated rings. The lowest BCUT2D eigenvalue weighted by Crippen LogP contribution is -2.30. The van der Waals surface area contributed by atoms with E-state index in [0.717, 1.165) is 10.9 Å². The number of ether oxygens (including phenoxy) is 1. The Balaban J connectivity index is 2.21. The zero-order valence-corrected chi connectivity index (χ0v) is 14.1. The molecule has 1 aromatic heterocycles. The summed E-state index contributed by atoms with van der Waals surface area (Å²) < 4.78 is 4.65. The van der Waals surface area contributed by atoms with Crippen LogP contribution in [0.15, 0.2) is 35.7 Å². The van der Waals surface area contributed by atoms with E-state index in [1.807, 2.05) is 5.38 Å². The number of nitrogens with one attached hydrogen (secondary N) is 1. The van der Waals surface area contributed by atoms with Gasteiger partial charge in [0.1, 0.15) is 0 Å². The van der Waals surface area contributed by atoms with Gasteiger partial charge in [0.05, 0.1) is 35.1 Å². The molecular weight excluding hydrogens is 356 g/mol. The Kier molecular flexibility index (Phi) is 5.88. The molecule has 24 heavy (non-hydrogen) atoms. The molecule has 1 N–H and O–H groups in total. The number of benzene rings is 1. The van der Waals surface area contributed by atoms with Crippen molar-refractivity contribution in [2.75, 3.05) is 7.11 Å². The molecule has 7 nitrogen and oxygen atoms in total. The molecule has 0 spiro atoms. The maximum atomic E-state index is 12.4. The van der Waals surface area contributed by atoms with Gasteiger partial charge in [0.25, 0.3) is 11.6 Å². The summed E-state index contributed by atoms with van der Waals surface area (Å²) in [6.07, 6.45) is -0.0344. The molecule has 1 atom stereocenters. The highest BCUT2D eigenvalue weighted by atomic mass is 35.5. The Labute approximate surface area is 146 Å². The highest BCUT2D eigenvalue weighted by Crippen LogP contribution is 2.26. The number of nitro groups is 1. The van der Waals surface area contributed by atoms with Crippen molar-refractivity contribution in [3.05, 3.63) is 61.3 Å². The number of methoxy groups -OCH3 is 1. The number of nitrogens with zero attached hydrogens (tertiary/aromatic N) is 1. The fourth-order valence-electron chi connectivity index (χ4n) is 2.00. The Morgan fingerprint density at radius 1 is 1.42 bits per heavy atom. The molecule has 0 bridgehead atoms. The van der Waals surface area contributed by atoms with Crippen molar-refractivity contribution in [2.24, 2.45) is 0 Å². The minimum absolute atomic E-state index is 0.0344. The zero-order valence-electron chi connectivity index (χ0n) is 12.5. The highest BCUT2D eigenvalue weighted by molar-refractivity contribution is 7.10. The lowest BCUT2D eigenvalue weighted by atomic mass is 10.1. The second kappa shape index (κ2) is 7.89. The normalized spacial score (nSPS) is 11.6. The van der Waals surface area contributed by atoms with Gasteiger partial charge in [0, 0.05) is 17.0 Å². The van der Waals surface area contributed by atoms with E-state index in [1.54, 1.807) is 12.1 Å². The minimum atomic E-state index is -0.598. The predicted octanol–water partition coefficient (Wildman–Crippen LogP) is 3.34. The monoisotopic (exact) mass is 368 g/mol. The van der Waals surface area contributed by atoms with Crippen LogP contribution >= 0.6 is 22.9 Å². The van der Waals surface area contributed by atoms with Crippen LogP contribution < -0.4 is 5.32 Å². The van der Waals surface area contributed by atoms with Gasteiger partial charge in [-0.2, -0.15) is 0 Å². The van der Waals surface area contributed by atoms with E-state index in [1.165, 1.54) is 30.6 Å². The van der Waals surface area contributed by atoms with Gasteiger partial charge in [-0.3, -0.25) is 19.7 Å². The first-order chi connectivity index (χ1) is 11.4. The smallest absolute Gasteiger partial charge is 0.307 e. The van der Waals surface area contributed by atoms with Crippen LogP contribution in [0.1, 0.15) is 27.7 Å². The number of non-ortho nitro benzene ring substituents is 1. The van der Waals surface area contributed by atoms with Crippen LogP contribution in [-0.2, 0) is 9.53 Å². The van der Waals surface area contributed by atoms with Gasteiger partial charge in [-0.25, -0.2) is 0 Å². The first-order valence-corrected chi connectivity index (χ1v) is 8.03. The number of hydrogen-bond acceptors (Lipinski definition) is 6. The summed E-state index contributed by atoms with van der Waals surface area (Å²) in [5, 5.41) is 15.2. The lowest BCUT2D eigenvalue weighted by molar-refractivity contribution is -0.384. The third-order valence-corrected chi connectivity index (χ3v) is 4.50. The predicted molar refractivity (Wildman–Crippen MR) is 89.3 cm³/mol. The van der Waals surface area contributed by atoms with Gasteiger partial charge in [-0.15, -0.1) is 11.3 Å². The molecule has 0 aliphatic heterocycles. The number of carbonyl (C=O) groups excluding carboxylic acids is 2. The van der Waals surface area contributed by atoms with Crippen molar-refractivity contribution < 1.29 is 19.2 Å². The van der Waals surface area contributed by atoms with Crippen LogP contribution in [0.25, 0.3) is 0 Å². The fraction of sp³-hybridized carbons (Fsp3) is 0.200. The molecule has 0 aliphatic rings. The Bertz CT molecular complexity index is 763.